The third-order valence-electron chi connectivity index (χ3n) is 2.73. The summed E-state index contributed by atoms with van der Waals surface area (Å²) >= 11 is 5.26. The smallest absolute Gasteiger partial charge is 0.396 e. The van der Waals surface area contributed by atoms with Gasteiger partial charge in [0.25, 0.3) is 0 Å². The van der Waals surface area contributed by atoms with Crippen molar-refractivity contribution in [2.45, 2.75) is 27.2 Å². The number of alkyl halides is 6. The lowest BCUT2D eigenvalue weighted by atomic mass is 10.2. The van der Waals surface area contributed by atoms with Crippen molar-refractivity contribution >= 4 is 23.0 Å². The van der Waals surface area contributed by atoms with Crippen molar-refractivity contribution < 1.29 is 35.1 Å². The predicted octanol–water partition coefficient (Wildman–Crippen LogP) is 6.78. The normalized spacial score (nSPS) is 10.9. The Morgan fingerprint density at radius 3 is 1.52 bits per heavy atom. The van der Waals surface area contributed by atoms with E-state index in [9.17, 15) is 35.1 Å². The number of benzene rings is 2. The van der Waals surface area contributed by atoms with E-state index >= 15 is 0 Å². The highest BCUT2D eigenvalue weighted by Gasteiger charge is 2.32. The Hall–Kier alpha value is -2.23. The molecule has 154 valence electrons. The van der Waals surface area contributed by atoms with Crippen molar-refractivity contribution in [3.63, 3.8) is 0 Å². The van der Waals surface area contributed by atoms with Gasteiger partial charge in [-0.15, -0.1) is 0 Å². The average molecular weight is 425 g/mol. The second kappa shape index (κ2) is 9.63. The number of nitrogens with two attached hydrogens (primary N) is 2. The summed E-state index contributed by atoms with van der Waals surface area (Å²) in [4.78, 5) is 0. The molecule has 0 aromatic heterocycles. The topological polar surface area (TPSA) is 52.0 Å². The number of halogens is 9. The Balaban J connectivity index is 0. The van der Waals surface area contributed by atoms with E-state index in [2.05, 4.69) is 0 Å². The van der Waals surface area contributed by atoms with E-state index in [1.165, 1.54) is 0 Å². The van der Waals surface area contributed by atoms with Gasteiger partial charge < -0.3 is 11.5 Å². The molecular weight excluding hydrogens is 408 g/mol. The SMILES string of the molecule is C.C.Nc1c(F)cc(C(F)(F)F)cc1Cl.Nc1ccc(C(F)(F)F)cc1F. The highest BCUT2D eigenvalue weighted by molar-refractivity contribution is 6.33. The molecule has 2 rings (SSSR count). The number of hydrogen-bond acceptors (Lipinski definition) is 2. The summed E-state index contributed by atoms with van der Waals surface area (Å²) < 4.78 is 96.9. The van der Waals surface area contributed by atoms with Gasteiger partial charge in [0.2, 0.25) is 0 Å². The summed E-state index contributed by atoms with van der Waals surface area (Å²) in [5.74, 6) is -2.22. The molecule has 4 N–H and O–H groups in total. The van der Waals surface area contributed by atoms with Crippen LogP contribution in [0.3, 0.4) is 0 Å². The maximum absolute atomic E-state index is 12.7. The van der Waals surface area contributed by atoms with Crippen molar-refractivity contribution in [2.75, 3.05) is 11.5 Å². The van der Waals surface area contributed by atoms with Crippen LogP contribution >= 0.6 is 11.6 Å². The fraction of sp³-hybridized carbons (Fsp3) is 0.250. The summed E-state index contributed by atoms with van der Waals surface area (Å²) in [5, 5.41) is -0.438. The molecule has 0 aliphatic carbocycles. The van der Waals surface area contributed by atoms with Gasteiger partial charge in [0.15, 0.2) is 0 Å². The molecule has 0 fully saturated rings. The van der Waals surface area contributed by atoms with Crippen LogP contribution in [-0.2, 0) is 12.4 Å². The third-order valence-corrected chi connectivity index (χ3v) is 3.05. The fourth-order valence-corrected chi connectivity index (χ4v) is 1.66. The van der Waals surface area contributed by atoms with Crippen molar-refractivity contribution in [3.8, 4) is 0 Å². The van der Waals surface area contributed by atoms with E-state index in [-0.39, 0.29) is 20.5 Å². The van der Waals surface area contributed by atoms with Crippen molar-refractivity contribution in [1.82, 2.24) is 0 Å². The van der Waals surface area contributed by atoms with Gasteiger partial charge in [-0.2, -0.15) is 26.3 Å². The maximum atomic E-state index is 12.7. The van der Waals surface area contributed by atoms with Crippen LogP contribution in [0.5, 0.6) is 0 Å². The second-order valence-electron chi connectivity index (χ2n) is 4.59. The third kappa shape index (κ3) is 7.49. The first-order valence-corrected chi connectivity index (χ1v) is 6.55. The lowest BCUT2D eigenvalue weighted by molar-refractivity contribution is -0.138. The van der Waals surface area contributed by atoms with Crippen LogP contribution in [0, 0.1) is 11.6 Å². The number of nitrogen functional groups attached to an aromatic ring is 2. The Morgan fingerprint density at radius 1 is 0.704 bits per heavy atom. The van der Waals surface area contributed by atoms with E-state index in [0.717, 1.165) is 12.1 Å². The van der Waals surface area contributed by atoms with E-state index in [4.69, 9.17) is 23.1 Å². The molecule has 0 aliphatic heterocycles. The molecule has 27 heavy (non-hydrogen) atoms. The molecular formula is C16H17ClF8N2. The summed E-state index contributed by atoms with van der Waals surface area (Å²) in [6.07, 6.45) is -9.13. The molecule has 0 atom stereocenters. The lowest BCUT2D eigenvalue weighted by Gasteiger charge is -2.08. The molecule has 0 unspecified atom stereocenters. The molecule has 0 radical (unpaired) electrons. The Kier molecular flexibility index (Phi) is 9.63. The molecule has 2 nitrogen and oxygen atoms in total. The monoisotopic (exact) mass is 424 g/mol. The molecule has 0 bridgehead atoms. The zero-order valence-corrected chi connectivity index (χ0v) is 12.7. The standard InChI is InChI=1S/C7H4ClF4N.C7H5F4N.2CH4/c8-4-1-3(7(10,11)12)2-5(9)6(4)13;8-5-3-4(7(9,10)11)1-2-6(5)12;;/h1-2H,13H2;1-3H,12H2;2*1H4. The quantitative estimate of drug-likeness (QED) is 0.362. The van der Waals surface area contributed by atoms with Crippen molar-refractivity contribution in [2.24, 2.45) is 0 Å². The lowest BCUT2D eigenvalue weighted by Crippen LogP contribution is -2.06. The minimum Gasteiger partial charge on any atom is -0.396 e. The van der Waals surface area contributed by atoms with Gasteiger partial charge in [0, 0.05) is 0 Å². The molecule has 2 aromatic carbocycles. The van der Waals surface area contributed by atoms with Crippen LogP contribution in [0.15, 0.2) is 30.3 Å². The molecule has 0 spiro atoms. The van der Waals surface area contributed by atoms with Gasteiger partial charge >= 0.3 is 12.4 Å². The largest absolute Gasteiger partial charge is 0.416 e. The molecule has 0 saturated carbocycles. The van der Waals surface area contributed by atoms with Crippen LogP contribution in [0.1, 0.15) is 26.0 Å². The summed E-state index contributed by atoms with van der Waals surface area (Å²) in [7, 11) is 0. The van der Waals surface area contributed by atoms with Gasteiger partial charge in [-0.3, -0.25) is 0 Å². The Morgan fingerprint density at radius 2 is 1.15 bits per heavy atom. The highest BCUT2D eigenvalue weighted by atomic mass is 35.5. The summed E-state index contributed by atoms with van der Waals surface area (Å²) in [6, 6.07) is 2.88. The first-order chi connectivity index (χ1) is 11.2. The second-order valence-corrected chi connectivity index (χ2v) is 4.99. The Bertz CT molecular complexity index is 734. The summed E-state index contributed by atoms with van der Waals surface area (Å²) in [6.45, 7) is 0. The molecule has 0 aliphatic rings. The molecule has 11 heteroatoms. The van der Waals surface area contributed by atoms with E-state index in [0.29, 0.717) is 18.2 Å². The fourth-order valence-electron chi connectivity index (χ4n) is 1.45. The molecule has 0 saturated heterocycles. The van der Waals surface area contributed by atoms with E-state index < -0.39 is 45.8 Å². The summed E-state index contributed by atoms with van der Waals surface area (Å²) in [5.41, 5.74) is 7.06. The first kappa shape index (κ1) is 27.0. The van der Waals surface area contributed by atoms with Gasteiger partial charge in [-0.1, -0.05) is 26.5 Å². The van der Waals surface area contributed by atoms with Crippen molar-refractivity contribution in [1.29, 1.82) is 0 Å². The van der Waals surface area contributed by atoms with E-state index in [1.54, 1.807) is 0 Å². The Labute approximate surface area is 155 Å². The van der Waals surface area contributed by atoms with Crippen molar-refractivity contribution in [3.05, 3.63) is 58.1 Å². The number of anilines is 2. The number of rotatable bonds is 0. The maximum Gasteiger partial charge on any atom is 0.416 e. The van der Waals surface area contributed by atoms with Crippen LogP contribution in [-0.4, -0.2) is 0 Å². The predicted molar refractivity (Wildman–Crippen MR) is 90.1 cm³/mol. The van der Waals surface area contributed by atoms with Gasteiger partial charge in [-0.25, -0.2) is 8.78 Å². The number of hydrogen-bond donors (Lipinski definition) is 2. The van der Waals surface area contributed by atoms with E-state index in [1.807, 2.05) is 0 Å². The van der Waals surface area contributed by atoms with Gasteiger partial charge in [0.05, 0.1) is 27.5 Å². The molecule has 0 amide bonds. The van der Waals surface area contributed by atoms with Crippen LogP contribution in [0.2, 0.25) is 5.02 Å². The molecule has 0 heterocycles. The zero-order chi connectivity index (χ0) is 19.6. The molecule has 2 aromatic rings. The van der Waals surface area contributed by atoms with Gasteiger partial charge in [-0.05, 0) is 30.3 Å². The zero-order valence-electron chi connectivity index (χ0n) is 11.9. The van der Waals surface area contributed by atoms with Gasteiger partial charge in [0.1, 0.15) is 11.6 Å². The minimum absolute atomic E-state index is 0. The average Bonchev–Trinajstić information content (AvgIpc) is 2.45. The first-order valence-electron chi connectivity index (χ1n) is 6.17. The highest BCUT2D eigenvalue weighted by Crippen LogP contribution is 2.34. The van der Waals surface area contributed by atoms with Crippen LogP contribution in [0.4, 0.5) is 46.5 Å². The minimum atomic E-state index is -4.61. The van der Waals surface area contributed by atoms with Crippen LogP contribution in [0.25, 0.3) is 0 Å². The van der Waals surface area contributed by atoms with Crippen LogP contribution < -0.4 is 11.5 Å².